The summed E-state index contributed by atoms with van der Waals surface area (Å²) >= 11 is 0. The van der Waals surface area contributed by atoms with Crippen LogP contribution < -0.4 is 9.47 Å². The number of ether oxygens (including phenoxy) is 4. The van der Waals surface area contributed by atoms with Crippen LogP contribution in [0.2, 0.25) is 0 Å². The van der Waals surface area contributed by atoms with E-state index in [2.05, 4.69) is 0 Å². The number of rotatable bonds is 9. The molecular formula is C13H18O6. The first-order valence-corrected chi connectivity index (χ1v) is 5.80. The molecule has 0 aromatic heterocycles. The smallest absolute Gasteiger partial charge is 0.339 e. The van der Waals surface area contributed by atoms with Crippen LogP contribution in [0.5, 0.6) is 11.5 Å². The molecule has 0 fully saturated rings. The number of benzene rings is 1. The predicted molar refractivity (Wildman–Crippen MR) is 68.1 cm³/mol. The lowest BCUT2D eigenvalue weighted by atomic mass is 10.2. The fourth-order valence-corrected chi connectivity index (χ4v) is 1.41. The quantitative estimate of drug-likeness (QED) is 0.684. The molecule has 6 nitrogen and oxygen atoms in total. The molecule has 0 saturated carbocycles. The summed E-state index contributed by atoms with van der Waals surface area (Å²) in [5.41, 5.74) is 0.0611. The van der Waals surface area contributed by atoms with E-state index in [4.69, 9.17) is 24.1 Å². The van der Waals surface area contributed by atoms with Crippen molar-refractivity contribution in [1.82, 2.24) is 0 Å². The Labute approximate surface area is 111 Å². The summed E-state index contributed by atoms with van der Waals surface area (Å²) in [5, 5.41) is 9.13. The molecule has 0 spiro atoms. The van der Waals surface area contributed by atoms with Crippen LogP contribution in [0, 0.1) is 0 Å². The Morgan fingerprint density at radius 3 is 2.26 bits per heavy atom. The van der Waals surface area contributed by atoms with Crippen molar-refractivity contribution in [3.05, 3.63) is 23.8 Å². The third kappa shape index (κ3) is 4.76. The van der Waals surface area contributed by atoms with E-state index in [0.29, 0.717) is 25.6 Å². The number of carboxylic acid groups (broad SMARTS) is 1. The first-order valence-electron chi connectivity index (χ1n) is 5.80. The van der Waals surface area contributed by atoms with Crippen molar-refractivity contribution in [3.8, 4) is 11.5 Å². The zero-order valence-electron chi connectivity index (χ0n) is 11.0. The second-order valence-electron chi connectivity index (χ2n) is 3.62. The third-order valence-electron chi connectivity index (χ3n) is 2.29. The number of para-hydroxylation sites is 1. The summed E-state index contributed by atoms with van der Waals surface area (Å²) in [6.45, 7) is 1.35. The van der Waals surface area contributed by atoms with Gasteiger partial charge in [0.25, 0.3) is 0 Å². The third-order valence-corrected chi connectivity index (χ3v) is 2.29. The minimum atomic E-state index is -1.07. The summed E-state index contributed by atoms with van der Waals surface area (Å²) in [7, 11) is 3.11. The SMILES string of the molecule is COCCOc1cccc(C(=O)O)c1OCCOC. The molecule has 1 aromatic rings. The van der Waals surface area contributed by atoms with Gasteiger partial charge < -0.3 is 24.1 Å². The molecular weight excluding hydrogens is 252 g/mol. The number of methoxy groups -OCH3 is 2. The van der Waals surface area contributed by atoms with Crippen LogP contribution in [0.15, 0.2) is 18.2 Å². The summed E-state index contributed by atoms with van der Waals surface area (Å²) < 4.78 is 20.6. The Morgan fingerprint density at radius 1 is 1.05 bits per heavy atom. The lowest BCUT2D eigenvalue weighted by molar-refractivity contribution is 0.0687. The zero-order valence-corrected chi connectivity index (χ0v) is 11.0. The Kier molecular flexibility index (Phi) is 6.70. The van der Waals surface area contributed by atoms with E-state index in [1.807, 2.05) is 0 Å². The number of carbonyl (C=O) groups is 1. The molecule has 1 rings (SSSR count). The molecule has 0 atom stereocenters. The van der Waals surface area contributed by atoms with Gasteiger partial charge in [-0.2, -0.15) is 0 Å². The maximum absolute atomic E-state index is 11.1. The molecule has 0 aliphatic rings. The molecule has 0 heterocycles. The summed E-state index contributed by atoms with van der Waals surface area (Å²) in [6, 6.07) is 4.73. The lowest BCUT2D eigenvalue weighted by Gasteiger charge is -2.14. The Bertz CT molecular complexity index is 404. The number of hydrogen-bond acceptors (Lipinski definition) is 5. The van der Waals surface area contributed by atoms with Crippen molar-refractivity contribution < 1.29 is 28.8 Å². The van der Waals surface area contributed by atoms with Crippen LogP contribution in [-0.4, -0.2) is 51.7 Å². The molecule has 6 heteroatoms. The lowest BCUT2D eigenvalue weighted by Crippen LogP contribution is -2.11. The van der Waals surface area contributed by atoms with Crippen LogP contribution in [0.25, 0.3) is 0 Å². The second-order valence-corrected chi connectivity index (χ2v) is 3.62. The summed E-state index contributed by atoms with van der Waals surface area (Å²) in [6.07, 6.45) is 0. The highest BCUT2D eigenvalue weighted by Gasteiger charge is 2.16. The monoisotopic (exact) mass is 270 g/mol. The van der Waals surface area contributed by atoms with Crippen molar-refractivity contribution in [2.45, 2.75) is 0 Å². The second kappa shape index (κ2) is 8.34. The van der Waals surface area contributed by atoms with E-state index in [9.17, 15) is 4.79 Å². The summed E-state index contributed by atoms with van der Waals surface area (Å²) in [4.78, 5) is 11.1. The average molecular weight is 270 g/mol. The van der Waals surface area contributed by atoms with Crippen LogP contribution in [-0.2, 0) is 9.47 Å². The minimum Gasteiger partial charge on any atom is -0.487 e. The van der Waals surface area contributed by atoms with Crippen molar-refractivity contribution in [1.29, 1.82) is 0 Å². The molecule has 1 N–H and O–H groups in total. The van der Waals surface area contributed by atoms with Gasteiger partial charge >= 0.3 is 5.97 Å². The highest BCUT2D eigenvalue weighted by molar-refractivity contribution is 5.92. The molecule has 19 heavy (non-hydrogen) atoms. The van der Waals surface area contributed by atoms with E-state index in [-0.39, 0.29) is 17.9 Å². The zero-order chi connectivity index (χ0) is 14.1. The summed E-state index contributed by atoms with van der Waals surface area (Å²) in [5.74, 6) is -0.471. The molecule has 0 saturated heterocycles. The van der Waals surface area contributed by atoms with Gasteiger partial charge in [-0.1, -0.05) is 6.07 Å². The van der Waals surface area contributed by atoms with Gasteiger partial charge in [-0.05, 0) is 12.1 Å². The molecule has 0 radical (unpaired) electrons. The fourth-order valence-electron chi connectivity index (χ4n) is 1.41. The molecule has 0 aliphatic heterocycles. The molecule has 106 valence electrons. The maximum Gasteiger partial charge on any atom is 0.339 e. The average Bonchev–Trinajstić information content (AvgIpc) is 2.40. The van der Waals surface area contributed by atoms with Gasteiger partial charge in [0.05, 0.1) is 13.2 Å². The van der Waals surface area contributed by atoms with E-state index in [1.54, 1.807) is 26.4 Å². The standard InChI is InChI=1S/C13H18O6/c1-16-6-8-18-11-5-3-4-10(13(14)15)12(11)19-9-7-17-2/h3-5H,6-9H2,1-2H3,(H,14,15). The highest BCUT2D eigenvalue weighted by atomic mass is 16.5. The first-order chi connectivity index (χ1) is 9.20. The van der Waals surface area contributed by atoms with E-state index >= 15 is 0 Å². The highest BCUT2D eigenvalue weighted by Crippen LogP contribution is 2.31. The van der Waals surface area contributed by atoms with E-state index < -0.39 is 5.97 Å². The Morgan fingerprint density at radius 2 is 1.68 bits per heavy atom. The van der Waals surface area contributed by atoms with Crippen molar-refractivity contribution >= 4 is 5.97 Å². The number of aromatic carboxylic acids is 1. The fraction of sp³-hybridized carbons (Fsp3) is 0.462. The van der Waals surface area contributed by atoms with E-state index in [0.717, 1.165) is 0 Å². The topological polar surface area (TPSA) is 74.2 Å². The Hall–Kier alpha value is -1.79. The largest absolute Gasteiger partial charge is 0.487 e. The molecule has 0 amide bonds. The van der Waals surface area contributed by atoms with Gasteiger partial charge in [0.2, 0.25) is 0 Å². The van der Waals surface area contributed by atoms with Crippen LogP contribution >= 0.6 is 0 Å². The number of carboxylic acids is 1. The van der Waals surface area contributed by atoms with Crippen LogP contribution in [0.3, 0.4) is 0 Å². The van der Waals surface area contributed by atoms with Crippen molar-refractivity contribution in [2.24, 2.45) is 0 Å². The van der Waals surface area contributed by atoms with Crippen molar-refractivity contribution in [3.63, 3.8) is 0 Å². The van der Waals surface area contributed by atoms with Gasteiger partial charge in [-0.25, -0.2) is 4.79 Å². The molecule has 1 aromatic carbocycles. The van der Waals surface area contributed by atoms with Gasteiger partial charge in [-0.15, -0.1) is 0 Å². The molecule has 0 aliphatic carbocycles. The molecule has 0 bridgehead atoms. The minimum absolute atomic E-state index is 0.0611. The van der Waals surface area contributed by atoms with E-state index in [1.165, 1.54) is 6.07 Å². The number of hydrogen-bond donors (Lipinski definition) is 1. The Balaban J connectivity index is 2.86. The van der Waals surface area contributed by atoms with Gasteiger partial charge in [0, 0.05) is 14.2 Å². The van der Waals surface area contributed by atoms with Gasteiger partial charge in [0.15, 0.2) is 11.5 Å². The molecule has 0 unspecified atom stereocenters. The van der Waals surface area contributed by atoms with Crippen molar-refractivity contribution in [2.75, 3.05) is 40.6 Å². The van der Waals surface area contributed by atoms with Gasteiger partial charge in [0.1, 0.15) is 18.8 Å². The van der Waals surface area contributed by atoms with Gasteiger partial charge in [-0.3, -0.25) is 0 Å². The predicted octanol–water partition coefficient (Wildman–Crippen LogP) is 1.44. The van der Waals surface area contributed by atoms with Crippen LogP contribution in [0.4, 0.5) is 0 Å². The van der Waals surface area contributed by atoms with Crippen LogP contribution in [0.1, 0.15) is 10.4 Å². The first kappa shape index (κ1) is 15.3. The maximum atomic E-state index is 11.1. The normalized spacial score (nSPS) is 10.2.